The minimum atomic E-state index is -0.237. The first-order valence-electron chi connectivity index (χ1n) is 10.9. The van der Waals surface area contributed by atoms with E-state index in [1.165, 1.54) is 0 Å². The molecule has 0 radical (unpaired) electrons. The van der Waals surface area contributed by atoms with Crippen LogP contribution in [0.1, 0.15) is 33.1 Å². The molecule has 0 fully saturated rings. The van der Waals surface area contributed by atoms with Crippen molar-refractivity contribution in [3.05, 3.63) is 112 Å². The van der Waals surface area contributed by atoms with Crippen molar-refractivity contribution in [2.24, 2.45) is 0 Å². The molecule has 1 amide bonds. The van der Waals surface area contributed by atoms with Gasteiger partial charge in [0, 0.05) is 22.0 Å². The number of carbonyl (C=O) groups is 1. The second-order valence-electron chi connectivity index (χ2n) is 8.11. The Morgan fingerprint density at radius 1 is 1.09 bits per heavy atom. The van der Waals surface area contributed by atoms with E-state index in [9.17, 15) is 4.79 Å². The van der Waals surface area contributed by atoms with Crippen LogP contribution in [0, 0.1) is 6.92 Å². The van der Waals surface area contributed by atoms with Crippen molar-refractivity contribution in [3.63, 3.8) is 0 Å². The van der Waals surface area contributed by atoms with E-state index < -0.39 is 0 Å². The number of fused-ring (bicyclic) bond motifs is 1. The van der Waals surface area contributed by atoms with Crippen molar-refractivity contribution in [3.8, 4) is 5.75 Å². The van der Waals surface area contributed by atoms with Gasteiger partial charge in [-0.25, -0.2) is 4.68 Å². The number of nitrogens with one attached hydrogen (secondary N) is 2. The Bertz CT molecular complexity index is 1370. The minimum Gasteiger partial charge on any atom is -0.497 e. The van der Waals surface area contributed by atoms with E-state index in [0.29, 0.717) is 16.4 Å². The lowest BCUT2D eigenvalue weighted by Crippen LogP contribution is -2.22. The quantitative estimate of drug-likeness (QED) is 0.366. The fourth-order valence-electron chi connectivity index (χ4n) is 3.95. The fourth-order valence-corrected chi connectivity index (χ4v) is 4.08. The molecule has 6 nitrogen and oxygen atoms in total. The molecule has 5 rings (SSSR count). The van der Waals surface area contributed by atoms with Gasteiger partial charge >= 0.3 is 0 Å². The number of amides is 1. The molecule has 170 valence electrons. The number of benzene rings is 3. The number of hydrogen-bond acceptors (Lipinski definition) is 4. The molecule has 0 saturated heterocycles. The third-order valence-electron chi connectivity index (χ3n) is 5.78. The third kappa shape index (κ3) is 4.28. The molecule has 0 unspecified atom stereocenters. The highest BCUT2D eigenvalue weighted by Gasteiger charge is 2.28. The summed E-state index contributed by atoms with van der Waals surface area (Å²) in [6.45, 7) is 2.01. The number of anilines is 2. The van der Waals surface area contributed by atoms with Crippen LogP contribution in [-0.4, -0.2) is 22.8 Å². The predicted molar refractivity (Wildman–Crippen MR) is 136 cm³/mol. The van der Waals surface area contributed by atoms with Gasteiger partial charge in [0.1, 0.15) is 17.1 Å². The normalized spacial score (nSPS) is 14.6. The Morgan fingerprint density at radius 2 is 1.85 bits per heavy atom. The maximum Gasteiger partial charge on any atom is 0.261 e. The average molecular weight is 471 g/mol. The van der Waals surface area contributed by atoms with Crippen LogP contribution in [0.3, 0.4) is 0 Å². The first-order chi connectivity index (χ1) is 16.5. The van der Waals surface area contributed by atoms with E-state index in [2.05, 4.69) is 21.8 Å². The summed E-state index contributed by atoms with van der Waals surface area (Å²) in [6.07, 6.45) is 3.68. The molecule has 34 heavy (non-hydrogen) atoms. The predicted octanol–water partition coefficient (Wildman–Crippen LogP) is 6.16. The molecule has 3 aromatic carbocycles. The summed E-state index contributed by atoms with van der Waals surface area (Å²) in [4.78, 5) is 13.2. The Hall–Kier alpha value is -4.03. The molecule has 0 aliphatic carbocycles. The molecule has 1 aliphatic heterocycles. The zero-order chi connectivity index (χ0) is 23.7. The lowest BCUT2D eigenvalue weighted by atomic mass is 10.0. The van der Waals surface area contributed by atoms with Gasteiger partial charge in [-0.05, 0) is 55.0 Å². The van der Waals surface area contributed by atoms with Crippen molar-refractivity contribution in [2.45, 2.75) is 13.0 Å². The second kappa shape index (κ2) is 9.08. The highest BCUT2D eigenvalue weighted by Crippen LogP contribution is 2.36. The van der Waals surface area contributed by atoms with E-state index in [1.54, 1.807) is 13.3 Å². The first-order valence-corrected chi connectivity index (χ1v) is 11.2. The lowest BCUT2D eigenvalue weighted by molar-refractivity contribution is 0.102. The van der Waals surface area contributed by atoms with Crippen LogP contribution >= 0.6 is 11.6 Å². The highest BCUT2D eigenvalue weighted by molar-refractivity contribution is 6.30. The molecule has 2 N–H and O–H groups in total. The van der Waals surface area contributed by atoms with Gasteiger partial charge in [-0.2, -0.15) is 5.10 Å². The van der Waals surface area contributed by atoms with Crippen LogP contribution in [0.2, 0.25) is 5.02 Å². The number of carbonyl (C=O) groups excluding carboxylic acids is 1. The van der Waals surface area contributed by atoms with Crippen LogP contribution < -0.4 is 15.4 Å². The number of aromatic nitrogens is 2. The van der Waals surface area contributed by atoms with Crippen molar-refractivity contribution in [2.75, 3.05) is 17.7 Å². The van der Waals surface area contributed by atoms with Crippen LogP contribution in [-0.2, 0) is 0 Å². The third-order valence-corrected chi connectivity index (χ3v) is 6.03. The summed E-state index contributed by atoms with van der Waals surface area (Å²) in [5, 5.41) is 11.6. The topological polar surface area (TPSA) is 68.2 Å². The van der Waals surface area contributed by atoms with Gasteiger partial charge in [-0.1, -0.05) is 53.6 Å². The molecular weight excluding hydrogens is 448 g/mol. The van der Waals surface area contributed by atoms with Crippen molar-refractivity contribution in [1.82, 2.24) is 9.78 Å². The highest BCUT2D eigenvalue weighted by atomic mass is 35.5. The number of hydrogen-bond donors (Lipinski definition) is 2. The summed E-state index contributed by atoms with van der Waals surface area (Å²) < 4.78 is 7.23. The first kappa shape index (κ1) is 21.8. The molecule has 0 saturated carbocycles. The molecule has 4 aromatic rings. The molecule has 1 atom stereocenters. The van der Waals surface area contributed by atoms with Gasteiger partial charge in [0.05, 0.1) is 19.3 Å². The smallest absolute Gasteiger partial charge is 0.261 e. The molecule has 1 aliphatic rings. The van der Waals surface area contributed by atoms with Crippen LogP contribution in [0.4, 0.5) is 11.5 Å². The SMILES string of the molecule is COc1cccc(C2=C[C@H](c3ccc(Cl)cc3)n3ncc(C(=O)Nc4ccc(C)cc4)c3N2)c1. The maximum absolute atomic E-state index is 13.2. The number of allylic oxidation sites excluding steroid dienone is 1. The summed E-state index contributed by atoms with van der Waals surface area (Å²) >= 11 is 6.12. The Kier molecular flexibility index (Phi) is 5.82. The Labute approximate surface area is 202 Å². The monoisotopic (exact) mass is 470 g/mol. The molecule has 1 aromatic heterocycles. The van der Waals surface area contributed by atoms with E-state index >= 15 is 0 Å². The molecular formula is C27H23ClN4O2. The summed E-state index contributed by atoms with van der Waals surface area (Å²) in [7, 11) is 1.64. The van der Waals surface area contributed by atoms with Crippen LogP contribution in [0.15, 0.2) is 85.1 Å². The summed E-state index contributed by atoms with van der Waals surface area (Å²) in [5.41, 5.74) is 5.10. The maximum atomic E-state index is 13.2. The number of rotatable bonds is 5. The number of aryl methyl sites for hydroxylation is 1. The van der Waals surface area contributed by atoms with E-state index in [1.807, 2.05) is 84.4 Å². The summed E-state index contributed by atoms with van der Waals surface area (Å²) in [6, 6.07) is 22.9. The van der Waals surface area contributed by atoms with Gasteiger partial charge in [0.2, 0.25) is 0 Å². The molecule has 0 spiro atoms. The Balaban J connectivity index is 1.55. The Morgan fingerprint density at radius 3 is 2.59 bits per heavy atom. The zero-order valence-corrected chi connectivity index (χ0v) is 19.5. The van der Waals surface area contributed by atoms with E-state index in [-0.39, 0.29) is 11.9 Å². The zero-order valence-electron chi connectivity index (χ0n) is 18.7. The van der Waals surface area contributed by atoms with Gasteiger partial charge < -0.3 is 15.4 Å². The number of nitrogens with zero attached hydrogens (tertiary/aromatic N) is 2. The fraction of sp³-hybridized carbons (Fsp3) is 0.111. The van der Waals surface area contributed by atoms with Gasteiger partial charge in [0.25, 0.3) is 5.91 Å². The number of ether oxygens (including phenoxy) is 1. The standard InChI is InChI=1S/C27H23ClN4O2/c1-17-6-12-21(13-7-17)30-27(33)23-16-29-32-25(18-8-10-20(28)11-9-18)15-24(31-26(23)32)19-4-3-5-22(14-19)34-2/h3-16,25,31H,1-2H3,(H,30,33)/t25-/m1/s1. The number of halogens is 1. The van der Waals surface area contributed by atoms with Gasteiger partial charge in [-0.3, -0.25) is 4.79 Å². The van der Waals surface area contributed by atoms with Gasteiger partial charge in [0.15, 0.2) is 0 Å². The minimum absolute atomic E-state index is 0.226. The van der Waals surface area contributed by atoms with Crippen molar-refractivity contribution >= 4 is 34.7 Å². The summed E-state index contributed by atoms with van der Waals surface area (Å²) in [5.74, 6) is 1.13. The number of methoxy groups -OCH3 is 1. The molecule has 0 bridgehead atoms. The molecule has 2 heterocycles. The average Bonchev–Trinajstić information content (AvgIpc) is 3.30. The largest absolute Gasteiger partial charge is 0.497 e. The van der Waals surface area contributed by atoms with Gasteiger partial charge in [-0.15, -0.1) is 0 Å². The van der Waals surface area contributed by atoms with E-state index in [4.69, 9.17) is 16.3 Å². The van der Waals surface area contributed by atoms with Crippen LogP contribution in [0.25, 0.3) is 5.70 Å². The van der Waals surface area contributed by atoms with Crippen molar-refractivity contribution in [1.29, 1.82) is 0 Å². The van der Waals surface area contributed by atoms with Crippen molar-refractivity contribution < 1.29 is 9.53 Å². The van der Waals surface area contributed by atoms with E-state index in [0.717, 1.165) is 33.8 Å². The molecule has 7 heteroatoms. The lowest BCUT2D eigenvalue weighted by Gasteiger charge is -2.26. The second-order valence-corrected chi connectivity index (χ2v) is 8.54. The van der Waals surface area contributed by atoms with Crippen LogP contribution in [0.5, 0.6) is 5.75 Å².